The van der Waals surface area contributed by atoms with Crippen molar-refractivity contribution in [3.8, 4) is 11.5 Å². The molecular weight excluding hydrogens is 437 g/mol. The second-order valence-electron chi connectivity index (χ2n) is 5.13. The number of methoxy groups -OCH3 is 1. The van der Waals surface area contributed by atoms with Crippen LogP contribution >= 0.6 is 22.6 Å². The Morgan fingerprint density at radius 3 is 2.56 bits per heavy atom. The van der Waals surface area contributed by atoms with Crippen LogP contribution in [0.3, 0.4) is 0 Å². The summed E-state index contributed by atoms with van der Waals surface area (Å²) in [6, 6.07) is 12.7. The predicted molar refractivity (Wildman–Crippen MR) is 102 cm³/mol. The summed E-state index contributed by atoms with van der Waals surface area (Å²) in [6.45, 7) is 1.24. The molecule has 0 saturated heterocycles. The molecular formula is C18H18INO5. The highest BCUT2D eigenvalue weighted by molar-refractivity contribution is 14.1. The molecule has 132 valence electrons. The molecule has 0 aliphatic rings. The molecule has 0 aliphatic carbocycles. The van der Waals surface area contributed by atoms with E-state index >= 15 is 0 Å². The van der Waals surface area contributed by atoms with Crippen LogP contribution in [0.25, 0.3) is 0 Å². The maximum atomic E-state index is 11.8. The van der Waals surface area contributed by atoms with Crippen LogP contribution in [0.1, 0.15) is 5.56 Å². The summed E-state index contributed by atoms with van der Waals surface area (Å²) >= 11 is 2.11. The van der Waals surface area contributed by atoms with Crippen molar-refractivity contribution < 1.29 is 23.8 Å². The Kier molecular flexibility index (Phi) is 7.05. The molecule has 0 fully saturated rings. The number of hydrogen-bond donors (Lipinski definition) is 1. The number of amides is 1. The fraction of sp³-hybridized carbons (Fsp3) is 0.222. The van der Waals surface area contributed by atoms with Gasteiger partial charge in [0.25, 0.3) is 5.91 Å². The van der Waals surface area contributed by atoms with Crippen molar-refractivity contribution in [1.82, 2.24) is 0 Å². The van der Waals surface area contributed by atoms with E-state index in [1.54, 1.807) is 18.2 Å². The van der Waals surface area contributed by atoms with Crippen molar-refractivity contribution >= 4 is 40.2 Å². The summed E-state index contributed by atoms with van der Waals surface area (Å²) in [6.07, 6.45) is 0. The number of anilines is 1. The van der Waals surface area contributed by atoms with Crippen LogP contribution in [0.4, 0.5) is 5.69 Å². The first-order valence-electron chi connectivity index (χ1n) is 7.47. The molecule has 1 amide bonds. The van der Waals surface area contributed by atoms with Gasteiger partial charge in [-0.05, 0) is 59.3 Å². The van der Waals surface area contributed by atoms with Crippen LogP contribution in [0, 0.1) is 10.5 Å². The molecule has 0 saturated carbocycles. The number of hydrogen-bond acceptors (Lipinski definition) is 5. The summed E-state index contributed by atoms with van der Waals surface area (Å²) < 4.78 is 16.4. The summed E-state index contributed by atoms with van der Waals surface area (Å²) in [7, 11) is 1.52. The van der Waals surface area contributed by atoms with Gasteiger partial charge >= 0.3 is 5.97 Å². The number of nitrogens with one attached hydrogen (secondary N) is 1. The van der Waals surface area contributed by atoms with Crippen LogP contribution in [-0.4, -0.2) is 32.2 Å². The van der Waals surface area contributed by atoms with E-state index in [0.717, 1.165) is 9.13 Å². The highest BCUT2D eigenvalue weighted by Gasteiger charge is 2.11. The van der Waals surface area contributed by atoms with Crippen LogP contribution in [0.15, 0.2) is 42.5 Å². The van der Waals surface area contributed by atoms with E-state index in [-0.39, 0.29) is 13.2 Å². The normalized spacial score (nSPS) is 10.0. The minimum absolute atomic E-state index is 0.310. The van der Waals surface area contributed by atoms with Gasteiger partial charge in [0.15, 0.2) is 24.7 Å². The lowest BCUT2D eigenvalue weighted by Crippen LogP contribution is -2.24. The third-order valence-corrected chi connectivity index (χ3v) is 4.12. The maximum absolute atomic E-state index is 11.8. The number of aryl methyl sites for hydroxylation is 1. The van der Waals surface area contributed by atoms with E-state index in [4.69, 9.17) is 14.2 Å². The number of halogens is 1. The highest BCUT2D eigenvalue weighted by atomic mass is 127. The van der Waals surface area contributed by atoms with E-state index in [9.17, 15) is 9.59 Å². The number of rotatable bonds is 7. The fourth-order valence-corrected chi connectivity index (χ4v) is 2.49. The van der Waals surface area contributed by atoms with Crippen molar-refractivity contribution in [3.63, 3.8) is 0 Å². The van der Waals surface area contributed by atoms with Crippen LogP contribution in [-0.2, 0) is 14.3 Å². The molecule has 2 aromatic carbocycles. The summed E-state index contributed by atoms with van der Waals surface area (Å²) in [4.78, 5) is 23.6. The van der Waals surface area contributed by atoms with Gasteiger partial charge in [-0.2, -0.15) is 0 Å². The van der Waals surface area contributed by atoms with Gasteiger partial charge in [-0.25, -0.2) is 4.79 Å². The van der Waals surface area contributed by atoms with Crippen molar-refractivity contribution in [1.29, 1.82) is 0 Å². The second-order valence-corrected chi connectivity index (χ2v) is 6.29. The largest absolute Gasteiger partial charge is 0.493 e. The average Bonchev–Trinajstić information content (AvgIpc) is 2.60. The Morgan fingerprint density at radius 1 is 1.08 bits per heavy atom. The standard InChI is InChI=1S/C18H18INO5/c1-12-7-8-15(16(9-12)23-2)24-11-18(22)25-10-17(21)20-14-6-4-3-5-13(14)19/h3-9H,10-11H2,1-2H3,(H,20,21). The Bertz CT molecular complexity index is 763. The van der Waals surface area contributed by atoms with Crippen molar-refractivity contribution in [2.75, 3.05) is 25.6 Å². The third-order valence-electron chi connectivity index (χ3n) is 3.18. The van der Waals surface area contributed by atoms with Crippen molar-refractivity contribution in [2.24, 2.45) is 0 Å². The van der Waals surface area contributed by atoms with Gasteiger partial charge in [-0.15, -0.1) is 0 Å². The molecule has 0 unspecified atom stereocenters. The van der Waals surface area contributed by atoms with E-state index in [2.05, 4.69) is 27.9 Å². The van der Waals surface area contributed by atoms with Gasteiger partial charge in [0, 0.05) is 3.57 Å². The zero-order chi connectivity index (χ0) is 18.2. The number of carbonyl (C=O) groups is 2. The summed E-state index contributed by atoms with van der Waals surface area (Å²) in [5.41, 5.74) is 1.68. The molecule has 2 aromatic rings. The van der Waals surface area contributed by atoms with E-state index in [1.165, 1.54) is 7.11 Å². The monoisotopic (exact) mass is 455 g/mol. The van der Waals surface area contributed by atoms with Crippen molar-refractivity contribution in [2.45, 2.75) is 6.92 Å². The molecule has 1 N–H and O–H groups in total. The lowest BCUT2D eigenvalue weighted by molar-refractivity contribution is -0.149. The molecule has 0 spiro atoms. The van der Waals surface area contributed by atoms with Crippen LogP contribution in [0.5, 0.6) is 11.5 Å². The predicted octanol–water partition coefficient (Wildman–Crippen LogP) is 3.17. The zero-order valence-corrected chi connectivity index (χ0v) is 16.0. The minimum atomic E-state index is -0.638. The first kappa shape index (κ1) is 19.0. The first-order chi connectivity index (χ1) is 12.0. The summed E-state index contributed by atoms with van der Waals surface area (Å²) in [5.74, 6) is -0.0801. The second kappa shape index (κ2) is 9.26. The van der Waals surface area contributed by atoms with Crippen LogP contribution < -0.4 is 14.8 Å². The van der Waals surface area contributed by atoms with Gasteiger partial charge in [0.2, 0.25) is 0 Å². The van der Waals surface area contributed by atoms with E-state index < -0.39 is 11.9 Å². The fourth-order valence-electron chi connectivity index (χ4n) is 1.97. The third kappa shape index (κ3) is 5.93. The number of ether oxygens (including phenoxy) is 3. The molecule has 0 radical (unpaired) electrons. The number of esters is 1. The number of benzene rings is 2. The number of para-hydroxylation sites is 1. The smallest absolute Gasteiger partial charge is 0.344 e. The lowest BCUT2D eigenvalue weighted by Gasteiger charge is -2.11. The zero-order valence-electron chi connectivity index (χ0n) is 13.9. The van der Waals surface area contributed by atoms with Gasteiger partial charge in [0.05, 0.1) is 12.8 Å². The van der Waals surface area contributed by atoms with E-state index in [0.29, 0.717) is 17.2 Å². The maximum Gasteiger partial charge on any atom is 0.344 e. The summed E-state index contributed by atoms with van der Waals surface area (Å²) in [5, 5.41) is 2.68. The van der Waals surface area contributed by atoms with Gasteiger partial charge in [-0.3, -0.25) is 4.79 Å². The molecule has 0 atom stereocenters. The molecule has 2 rings (SSSR count). The molecule has 7 heteroatoms. The quantitative estimate of drug-likeness (QED) is 0.513. The Hall–Kier alpha value is -2.29. The topological polar surface area (TPSA) is 73.9 Å². The molecule has 0 bridgehead atoms. The highest BCUT2D eigenvalue weighted by Crippen LogP contribution is 2.27. The Labute approximate surface area is 159 Å². The molecule has 0 heterocycles. The Morgan fingerprint density at radius 2 is 1.84 bits per heavy atom. The molecule has 0 aromatic heterocycles. The van der Waals surface area contributed by atoms with Crippen LogP contribution in [0.2, 0.25) is 0 Å². The first-order valence-corrected chi connectivity index (χ1v) is 8.55. The van der Waals surface area contributed by atoms with Gasteiger partial charge < -0.3 is 19.5 Å². The average molecular weight is 455 g/mol. The SMILES string of the molecule is COc1cc(C)ccc1OCC(=O)OCC(=O)Nc1ccccc1I. The Balaban J connectivity index is 1.79. The number of carbonyl (C=O) groups excluding carboxylic acids is 2. The minimum Gasteiger partial charge on any atom is -0.493 e. The molecule has 0 aliphatic heterocycles. The molecule has 6 nitrogen and oxygen atoms in total. The lowest BCUT2D eigenvalue weighted by atomic mass is 10.2. The van der Waals surface area contributed by atoms with E-state index in [1.807, 2.05) is 31.2 Å². The van der Waals surface area contributed by atoms with Crippen molar-refractivity contribution in [3.05, 3.63) is 51.6 Å². The van der Waals surface area contributed by atoms with Gasteiger partial charge in [-0.1, -0.05) is 18.2 Å². The van der Waals surface area contributed by atoms with Gasteiger partial charge in [0.1, 0.15) is 0 Å². The molecule has 25 heavy (non-hydrogen) atoms.